The van der Waals surface area contributed by atoms with Crippen molar-refractivity contribution < 1.29 is 14.4 Å². The van der Waals surface area contributed by atoms with Crippen molar-refractivity contribution in [1.29, 1.82) is 0 Å². The lowest BCUT2D eigenvalue weighted by Gasteiger charge is -2.11. The van der Waals surface area contributed by atoms with Crippen LogP contribution in [0.5, 0.6) is 0 Å². The topological polar surface area (TPSA) is 99.3 Å². The van der Waals surface area contributed by atoms with Crippen molar-refractivity contribution >= 4 is 52.3 Å². The average Bonchev–Trinajstić information content (AvgIpc) is 2.67. The maximum Gasteiger partial charge on any atom is 0.238 e. The van der Waals surface area contributed by atoms with E-state index in [1.54, 1.807) is 48.5 Å². The van der Waals surface area contributed by atoms with Gasteiger partial charge in [-0.2, -0.15) is 0 Å². The number of thiocarbonyl (C=S) groups is 1. The average molecular weight is 419 g/mol. The summed E-state index contributed by atoms with van der Waals surface area (Å²) < 4.78 is 0. The Balaban J connectivity index is 1.63. The lowest BCUT2D eigenvalue weighted by Crippen LogP contribution is -2.48. The van der Waals surface area contributed by atoms with Gasteiger partial charge >= 0.3 is 0 Å². The van der Waals surface area contributed by atoms with Crippen LogP contribution in [0.4, 0.5) is 5.69 Å². The molecule has 0 aromatic heterocycles. The van der Waals surface area contributed by atoms with Crippen LogP contribution in [0.25, 0.3) is 0 Å². The van der Waals surface area contributed by atoms with Crippen LogP contribution in [-0.4, -0.2) is 22.8 Å². The number of rotatable bonds is 6. The molecular formula is C19H19ClN4O3S. The van der Waals surface area contributed by atoms with E-state index in [-0.39, 0.29) is 36.2 Å². The number of carbonyl (C=O) groups excluding carboxylic acids is 3. The Labute approximate surface area is 172 Å². The van der Waals surface area contributed by atoms with Crippen molar-refractivity contribution in [2.75, 3.05) is 5.32 Å². The smallest absolute Gasteiger partial charge is 0.238 e. The van der Waals surface area contributed by atoms with Crippen LogP contribution < -0.4 is 21.5 Å². The molecule has 0 heterocycles. The monoisotopic (exact) mass is 418 g/mol. The van der Waals surface area contributed by atoms with Crippen molar-refractivity contribution in [3.05, 3.63) is 65.2 Å². The highest BCUT2D eigenvalue weighted by Gasteiger charge is 2.09. The second-order valence-electron chi connectivity index (χ2n) is 5.77. The van der Waals surface area contributed by atoms with Crippen LogP contribution in [-0.2, 0) is 20.8 Å². The molecule has 0 atom stereocenters. The molecule has 0 radical (unpaired) electrons. The molecule has 0 unspecified atom stereocenters. The molecular weight excluding hydrogens is 400 g/mol. The van der Waals surface area contributed by atoms with E-state index in [0.29, 0.717) is 10.7 Å². The normalized spacial score (nSPS) is 9.89. The summed E-state index contributed by atoms with van der Waals surface area (Å²) in [5.74, 6) is -1.05. The van der Waals surface area contributed by atoms with E-state index in [1.165, 1.54) is 0 Å². The maximum atomic E-state index is 11.9. The van der Waals surface area contributed by atoms with Gasteiger partial charge < -0.3 is 10.6 Å². The fourth-order valence-electron chi connectivity index (χ4n) is 2.15. The van der Waals surface area contributed by atoms with Gasteiger partial charge in [-0.25, -0.2) is 0 Å². The number of halogens is 1. The summed E-state index contributed by atoms with van der Waals surface area (Å²) in [5, 5.41) is 5.68. The molecule has 2 rings (SSSR count). The van der Waals surface area contributed by atoms with Gasteiger partial charge in [0.1, 0.15) is 0 Å². The van der Waals surface area contributed by atoms with E-state index in [2.05, 4.69) is 21.5 Å². The first-order chi connectivity index (χ1) is 13.4. The summed E-state index contributed by atoms with van der Waals surface area (Å²) in [6, 6.07) is 15.8. The Morgan fingerprint density at radius 2 is 1.46 bits per heavy atom. The summed E-state index contributed by atoms with van der Waals surface area (Å²) in [7, 11) is 0. The number of carbonyl (C=O) groups is 3. The lowest BCUT2D eigenvalue weighted by atomic mass is 10.1. The summed E-state index contributed by atoms with van der Waals surface area (Å²) in [5.41, 5.74) is 6.20. The Morgan fingerprint density at radius 3 is 2.14 bits per heavy atom. The minimum absolute atomic E-state index is 0.0120. The molecule has 28 heavy (non-hydrogen) atoms. The van der Waals surface area contributed by atoms with Crippen LogP contribution in [0.1, 0.15) is 18.4 Å². The van der Waals surface area contributed by atoms with E-state index in [0.717, 1.165) is 5.56 Å². The van der Waals surface area contributed by atoms with Crippen LogP contribution in [0.15, 0.2) is 54.6 Å². The first kappa shape index (κ1) is 21.3. The Bertz CT molecular complexity index is 844. The molecule has 2 aromatic rings. The number of amides is 3. The van der Waals surface area contributed by atoms with Crippen LogP contribution >= 0.6 is 23.8 Å². The van der Waals surface area contributed by atoms with Gasteiger partial charge in [-0.05, 0) is 42.0 Å². The molecule has 2 aromatic carbocycles. The molecule has 7 nitrogen and oxygen atoms in total. The summed E-state index contributed by atoms with van der Waals surface area (Å²) in [4.78, 5) is 35.5. The molecule has 0 spiro atoms. The van der Waals surface area contributed by atoms with Gasteiger partial charge in [0.05, 0.1) is 6.42 Å². The zero-order chi connectivity index (χ0) is 20.4. The van der Waals surface area contributed by atoms with Gasteiger partial charge in [-0.15, -0.1) is 0 Å². The van der Waals surface area contributed by atoms with Gasteiger partial charge in [0.15, 0.2) is 5.11 Å². The quantitative estimate of drug-likeness (QED) is 0.426. The van der Waals surface area contributed by atoms with Crippen molar-refractivity contribution in [3.8, 4) is 0 Å². The van der Waals surface area contributed by atoms with Crippen molar-refractivity contribution in [3.63, 3.8) is 0 Å². The first-order valence-electron chi connectivity index (χ1n) is 8.40. The van der Waals surface area contributed by atoms with Gasteiger partial charge in [-0.1, -0.05) is 41.9 Å². The molecule has 0 saturated heterocycles. The van der Waals surface area contributed by atoms with Crippen molar-refractivity contribution in [2.45, 2.75) is 19.3 Å². The number of hydrogen-bond donors (Lipinski definition) is 4. The first-order valence-corrected chi connectivity index (χ1v) is 9.19. The van der Waals surface area contributed by atoms with E-state index in [1.807, 2.05) is 6.07 Å². The third-order valence-electron chi connectivity index (χ3n) is 3.48. The minimum Gasteiger partial charge on any atom is -0.326 e. The maximum absolute atomic E-state index is 11.9. The van der Waals surface area contributed by atoms with E-state index in [9.17, 15) is 14.4 Å². The Kier molecular flexibility index (Phi) is 8.38. The molecule has 0 fully saturated rings. The highest BCUT2D eigenvalue weighted by molar-refractivity contribution is 7.80. The van der Waals surface area contributed by atoms with Crippen LogP contribution in [0.3, 0.4) is 0 Å². The van der Waals surface area contributed by atoms with Crippen molar-refractivity contribution in [2.24, 2.45) is 0 Å². The van der Waals surface area contributed by atoms with Crippen LogP contribution in [0, 0.1) is 0 Å². The molecule has 4 N–H and O–H groups in total. The largest absolute Gasteiger partial charge is 0.326 e. The number of hydrazine groups is 1. The third-order valence-corrected chi connectivity index (χ3v) is 3.94. The standard InChI is InChI=1S/C19H19ClN4O3S/c20-14-8-6-13(7-9-14)12-18(27)22-19(28)24-23-17(26)11-10-16(25)21-15-4-2-1-3-5-15/h1-9H,10-12H2,(H,21,25)(H,23,26)(H2,22,24,27,28). The van der Waals surface area contributed by atoms with E-state index >= 15 is 0 Å². The fourth-order valence-corrected chi connectivity index (χ4v) is 2.44. The number of para-hydroxylation sites is 1. The Morgan fingerprint density at radius 1 is 0.821 bits per heavy atom. The SMILES string of the molecule is O=C(CCC(=O)Nc1ccccc1)NNC(=S)NC(=O)Cc1ccc(Cl)cc1. The van der Waals surface area contributed by atoms with Gasteiger partial charge in [0, 0.05) is 23.6 Å². The zero-order valence-corrected chi connectivity index (χ0v) is 16.4. The zero-order valence-electron chi connectivity index (χ0n) is 14.8. The number of anilines is 1. The fraction of sp³-hybridized carbons (Fsp3) is 0.158. The van der Waals surface area contributed by atoms with Gasteiger partial charge in [0.25, 0.3) is 0 Å². The second kappa shape index (κ2) is 11.0. The van der Waals surface area contributed by atoms with E-state index in [4.69, 9.17) is 23.8 Å². The minimum atomic E-state index is -0.433. The summed E-state index contributed by atoms with van der Waals surface area (Å²) in [6.07, 6.45) is 0.0949. The number of benzene rings is 2. The van der Waals surface area contributed by atoms with Crippen LogP contribution in [0.2, 0.25) is 5.02 Å². The second-order valence-corrected chi connectivity index (χ2v) is 6.61. The van der Waals surface area contributed by atoms with E-state index < -0.39 is 5.91 Å². The molecule has 0 aliphatic rings. The number of nitrogens with one attached hydrogen (secondary N) is 4. The molecule has 9 heteroatoms. The summed E-state index contributed by atoms with van der Waals surface area (Å²) in [6.45, 7) is 0. The molecule has 146 valence electrons. The van der Waals surface area contributed by atoms with Gasteiger partial charge in [0.2, 0.25) is 17.7 Å². The third kappa shape index (κ3) is 8.15. The molecule has 0 aliphatic carbocycles. The predicted octanol–water partition coefficient (Wildman–Crippen LogP) is 2.32. The molecule has 3 amide bonds. The highest BCUT2D eigenvalue weighted by Crippen LogP contribution is 2.09. The lowest BCUT2D eigenvalue weighted by molar-refractivity contribution is -0.124. The highest BCUT2D eigenvalue weighted by atomic mass is 35.5. The molecule has 0 bridgehead atoms. The summed E-state index contributed by atoms with van der Waals surface area (Å²) >= 11 is 10.7. The molecule has 0 saturated carbocycles. The van der Waals surface area contributed by atoms with Gasteiger partial charge in [-0.3, -0.25) is 25.2 Å². The number of hydrogen-bond acceptors (Lipinski definition) is 4. The van der Waals surface area contributed by atoms with Crippen molar-refractivity contribution in [1.82, 2.24) is 16.2 Å². The Hall–Kier alpha value is -2.97. The molecule has 0 aliphatic heterocycles. The predicted molar refractivity (Wildman–Crippen MR) is 111 cm³/mol.